The minimum absolute atomic E-state index is 0.150. The van der Waals surface area contributed by atoms with Crippen LogP contribution in [0.15, 0.2) is 64.8 Å². The molecule has 0 spiro atoms. The molecule has 1 N–H and O–H groups in total. The van der Waals surface area contributed by atoms with E-state index in [1.54, 1.807) is 22.0 Å². The molecule has 2 unspecified atom stereocenters. The number of nitrogens with one attached hydrogen (secondary N) is 1. The predicted molar refractivity (Wildman–Crippen MR) is 125 cm³/mol. The molecule has 2 aliphatic rings. The number of likely N-dealkylation sites (tertiary alicyclic amines) is 1. The largest absolute Gasteiger partial charge is 0.341 e. The van der Waals surface area contributed by atoms with E-state index in [9.17, 15) is 14.4 Å². The van der Waals surface area contributed by atoms with Gasteiger partial charge in [0, 0.05) is 36.1 Å². The van der Waals surface area contributed by atoms with Crippen molar-refractivity contribution in [1.29, 1.82) is 0 Å². The van der Waals surface area contributed by atoms with Gasteiger partial charge in [-0.15, -0.1) is 11.3 Å². The van der Waals surface area contributed by atoms with Gasteiger partial charge in [-0.1, -0.05) is 36.4 Å². The SMILES string of the molecule is O=C(Cc1ccccc1)Nc1ccc2n(c1=O)CC1CC2CN(C(=O)Cc2cccs2)C1. The molecule has 7 heteroatoms. The number of carbonyl (C=O) groups is 2. The van der Waals surface area contributed by atoms with Gasteiger partial charge in [0.1, 0.15) is 5.69 Å². The van der Waals surface area contributed by atoms with Crippen LogP contribution < -0.4 is 10.9 Å². The van der Waals surface area contributed by atoms with Gasteiger partial charge in [-0.2, -0.15) is 0 Å². The lowest BCUT2D eigenvalue weighted by Gasteiger charge is -2.43. The number of hydrogen-bond acceptors (Lipinski definition) is 4. The lowest BCUT2D eigenvalue weighted by Crippen LogP contribution is -2.49. The van der Waals surface area contributed by atoms with Crippen LogP contribution in [-0.2, 0) is 29.0 Å². The van der Waals surface area contributed by atoms with Crippen molar-refractivity contribution in [3.8, 4) is 0 Å². The van der Waals surface area contributed by atoms with E-state index in [-0.39, 0.29) is 35.6 Å². The van der Waals surface area contributed by atoms with Crippen LogP contribution in [0.1, 0.15) is 28.5 Å². The third-order valence-electron chi connectivity index (χ3n) is 6.34. The first-order chi connectivity index (χ1) is 15.6. The molecule has 164 valence electrons. The summed E-state index contributed by atoms with van der Waals surface area (Å²) in [6.07, 6.45) is 1.66. The van der Waals surface area contributed by atoms with Crippen molar-refractivity contribution in [1.82, 2.24) is 9.47 Å². The number of anilines is 1. The summed E-state index contributed by atoms with van der Waals surface area (Å²) in [5.41, 5.74) is 2.03. The molecule has 0 saturated carbocycles. The maximum Gasteiger partial charge on any atom is 0.274 e. The van der Waals surface area contributed by atoms with Crippen LogP contribution in [0, 0.1) is 5.92 Å². The Hall–Kier alpha value is -3.19. The molecular weight excluding hydrogens is 422 g/mol. The number of hydrogen-bond donors (Lipinski definition) is 1. The Morgan fingerprint density at radius 2 is 1.81 bits per heavy atom. The van der Waals surface area contributed by atoms with Gasteiger partial charge < -0.3 is 14.8 Å². The number of aromatic nitrogens is 1. The predicted octanol–water partition coefficient (Wildman–Crippen LogP) is 3.28. The number of rotatable bonds is 5. The van der Waals surface area contributed by atoms with Gasteiger partial charge >= 0.3 is 0 Å². The lowest BCUT2D eigenvalue weighted by molar-refractivity contribution is -0.133. The van der Waals surface area contributed by atoms with E-state index in [1.807, 2.05) is 58.8 Å². The van der Waals surface area contributed by atoms with E-state index in [0.717, 1.165) is 22.6 Å². The highest BCUT2D eigenvalue weighted by atomic mass is 32.1. The van der Waals surface area contributed by atoms with E-state index in [2.05, 4.69) is 5.32 Å². The summed E-state index contributed by atoms with van der Waals surface area (Å²) >= 11 is 1.61. The van der Waals surface area contributed by atoms with Gasteiger partial charge in [-0.3, -0.25) is 14.4 Å². The van der Waals surface area contributed by atoms with E-state index >= 15 is 0 Å². The fraction of sp³-hybridized carbons (Fsp3) is 0.320. The van der Waals surface area contributed by atoms with E-state index in [4.69, 9.17) is 0 Å². The van der Waals surface area contributed by atoms with Gasteiger partial charge in [0.25, 0.3) is 5.56 Å². The molecule has 32 heavy (non-hydrogen) atoms. The minimum Gasteiger partial charge on any atom is -0.341 e. The number of nitrogens with zero attached hydrogens (tertiary/aromatic N) is 2. The van der Waals surface area contributed by atoms with E-state index in [0.29, 0.717) is 31.7 Å². The Kier molecular flexibility index (Phi) is 5.66. The molecule has 1 aromatic carbocycles. The fourth-order valence-electron chi connectivity index (χ4n) is 4.89. The molecule has 2 bridgehead atoms. The van der Waals surface area contributed by atoms with Crippen LogP contribution in [0.5, 0.6) is 0 Å². The summed E-state index contributed by atoms with van der Waals surface area (Å²) in [4.78, 5) is 41.4. The summed E-state index contributed by atoms with van der Waals surface area (Å²) in [5.74, 6) is 0.357. The van der Waals surface area contributed by atoms with Crippen molar-refractivity contribution < 1.29 is 9.59 Å². The number of piperidine rings is 1. The Morgan fingerprint density at radius 1 is 0.969 bits per heavy atom. The molecule has 2 atom stereocenters. The van der Waals surface area contributed by atoms with Gasteiger partial charge in [0.2, 0.25) is 11.8 Å². The third-order valence-corrected chi connectivity index (χ3v) is 7.22. The molecule has 0 aliphatic carbocycles. The Balaban J connectivity index is 1.30. The van der Waals surface area contributed by atoms with Crippen molar-refractivity contribution >= 4 is 28.8 Å². The molecule has 2 amide bonds. The topological polar surface area (TPSA) is 71.4 Å². The molecule has 4 heterocycles. The van der Waals surface area contributed by atoms with Crippen molar-refractivity contribution in [2.75, 3.05) is 18.4 Å². The first kappa shape index (κ1) is 20.7. The number of carbonyl (C=O) groups excluding carboxylic acids is 2. The summed E-state index contributed by atoms with van der Waals surface area (Å²) in [7, 11) is 0. The van der Waals surface area contributed by atoms with Crippen molar-refractivity contribution in [3.63, 3.8) is 0 Å². The van der Waals surface area contributed by atoms with Crippen LogP contribution in [0.25, 0.3) is 0 Å². The second-order valence-electron chi connectivity index (χ2n) is 8.65. The highest BCUT2D eigenvalue weighted by Crippen LogP contribution is 2.35. The van der Waals surface area contributed by atoms with Gasteiger partial charge in [0.15, 0.2) is 0 Å². The zero-order valence-electron chi connectivity index (χ0n) is 17.7. The highest BCUT2D eigenvalue weighted by Gasteiger charge is 2.36. The minimum atomic E-state index is -0.199. The number of benzene rings is 1. The maximum absolute atomic E-state index is 13.1. The Labute approximate surface area is 190 Å². The smallest absolute Gasteiger partial charge is 0.274 e. The second-order valence-corrected chi connectivity index (χ2v) is 9.68. The number of thiophene rings is 1. The number of amides is 2. The zero-order valence-corrected chi connectivity index (χ0v) is 18.5. The number of pyridine rings is 1. The average Bonchev–Trinajstić information content (AvgIpc) is 3.29. The second kappa shape index (κ2) is 8.74. The molecule has 2 aromatic heterocycles. The molecular formula is C25H25N3O3S. The summed E-state index contributed by atoms with van der Waals surface area (Å²) < 4.78 is 1.80. The van der Waals surface area contributed by atoms with Gasteiger partial charge in [0.05, 0.1) is 12.8 Å². The monoisotopic (exact) mass is 447 g/mol. The first-order valence-corrected chi connectivity index (χ1v) is 11.8. The van der Waals surface area contributed by atoms with E-state index in [1.165, 1.54) is 0 Å². The molecule has 5 rings (SSSR count). The van der Waals surface area contributed by atoms with Gasteiger partial charge in [-0.05, 0) is 41.5 Å². The van der Waals surface area contributed by atoms with Crippen molar-refractivity contribution in [2.24, 2.45) is 5.92 Å². The normalized spacial score (nSPS) is 19.3. The third kappa shape index (κ3) is 4.25. The van der Waals surface area contributed by atoms with Gasteiger partial charge in [-0.25, -0.2) is 0 Å². The van der Waals surface area contributed by atoms with Crippen LogP contribution >= 0.6 is 11.3 Å². The summed E-state index contributed by atoms with van der Waals surface area (Å²) in [6.45, 7) is 1.90. The molecule has 3 aromatic rings. The lowest BCUT2D eigenvalue weighted by atomic mass is 9.83. The van der Waals surface area contributed by atoms with Crippen LogP contribution in [0.3, 0.4) is 0 Å². The fourth-order valence-corrected chi connectivity index (χ4v) is 5.59. The summed E-state index contributed by atoms with van der Waals surface area (Å²) in [5, 5.41) is 4.78. The van der Waals surface area contributed by atoms with Crippen LogP contribution in [-0.4, -0.2) is 34.4 Å². The molecule has 1 fully saturated rings. The number of fused-ring (bicyclic) bond motifs is 4. The summed E-state index contributed by atoms with van der Waals surface area (Å²) in [6, 6.07) is 17.1. The molecule has 2 aliphatic heterocycles. The Morgan fingerprint density at radius 3 is 2.59 bits per heavy atom. The van der Waals surface area contributed by atoms with E-state index < -0.39 is 0 Å². The molecule has 6 nitrogen and oxygen atoms in total. The first-order valence-electron chi connectivity index (χ1n) is 10.9. The standard InChI is InChI=1S/C25H25N3O3S/c29-23(12-17-5-2-1-3-6-17)26-21-8-9-22-19-11-18(15-28(22)25(21)31)14-27(16-19)24(30)13-20-7-4-10-32-20/h1-10,18-19H,11-16H2,(H,26,29). The maximum atomic E-state index is 13.1. The average molecular weight is 448 g/mol. The molecule has 0 radical (unpaired) electrons. The molecule has 1 saturated heterocycles. The Bertz CT molecular complexity index is 1190. The quantitative estimate of drug-likeness (QED) is 0.653. The van der Waals surface area contributed by atoms with Crippen LogP contribution in [0.2, 0.25) is 0 Å². The zero-order chi connectivity index (χ0) is 22.1. The highest BCUT2D eigenvalue weighted by molar-refractivity contribution is 7.10. The van der Waals surface area contributed by atoms with Crippen LogP contribution in [0.4, 0.5) is 5.69 Å². The van der Waals surface area contributed by atoms with Crippen molar-refractivity contribution in [2.45, 2.75) is 31.7 Å². The van der Waals surface area contributed by atoms with Crippen molar-refractivity contribution in [3.05, 3.63) is 86.5 Å².